The Morgan fingerprint density at radius 3 is 1.35 bits per heavy atom. The zero-order chi connectivity index (χ0) is 31.6. The van der Waals surface area contributed by atoms with Gasteiger partial charge in [-0.2, -0.15) is 0 Å². The van der Waals surface area contributed by atoms with E-state index in [1.165, 1.54) is 0 Å². The first kappa shape index (κ1) is 30.7. The summed E-state index contributed by atoms with van der Waals surface area (Å²) < 4.78 is 24.7. The Morgan fingerprint density at radius 1 is 0.435 bits per heavy atom. The number of hydrogen-bond donors (Lipinski definition) is 0. The van der Waals surface area contributed by atoms with Gasteiger partial charge in [-0.1, -0.05) is 78.9 Å². The molecule has 46 heavy (non-hydrogen) atoms. The summed E-state index contributed by atoms with van der Waals surface area (Å²) in [6.45, 7) is 1.62. The smallest absolute Gasteiger partial charge is 0.196 e. The lowest BCUT2D eigenvalue weighted by atomic mass is 10.0. The number of benzene rings is 5. The molecule has 6 bridgehead atoms. The summed E-state index contributed by atoms with van der Waals surface area (Å²) in [5, 5.41) is 0. The second-order valence-electron chi connectivity index (χ2n) is 11.2. The SMILES string of the molecule is O=C(c1ccccc1)c1ccc2cc1OCCCCCCOc1cc(ccc1C(=O)c1ccccc1)OCc1cccc(c1)CO2. The van der Waals surface area contributed by atoms with Crippen molar-refractivity contribution in [1.82, 2.24) is 0 Å². The first-order valence-corrected chi connectivity index (χ1v) is 15.7. The Balaban J connectivity index is 1.22. The van der Waals surface area contributed by atoms with Crippen LogP contribution in [0.4, 0.5) is 0 Å². The molecular formula is C40H36O6. The highest BCUT2D eigenvalue weighted by Crippen LogP contribution is 2.30. The summed E-state index contributed by atoms with van der Waals surface area (Å²) in [5.41, 5.74) is 4.19. The Labute approximate surface area is 269 Å². The zero-order valence-electron chi connectivity index (χ0n) is 25.7. The number of ketones is 2. The normalized spacial score (nSPS) is 13.8. The monoisotopic (exact) mass is 612 g/mol. The van der Waals surface area contributed by atoms with Gasteiger partial charge in [-0.15, -0.1) is 0 Å². The number of carbonyl (C=O) groups excluding carboxylic acids is 2. The van der Waals surface area contributed by atoms with Crippen molar-refractivity contribution >= 4 is 11.6 Å². The quantitative estimate of drug-likeness (QED) is 0.189. The van der Waals surface area contributed by atoms with E-state index in [9.17, 15) is 9.59 Å². The van der Waals surface area contributed by atoms with Crippen LogP contribution in [0.5, 0.6) is 23.0 Å². The fourth-order valence-corrected chi connectivity index (χ4v) is 5.35. The van der Waals surface area contributed by atoms with E-state index < -0.39 is 0 Å². The first-order chi connectivity index (χ1) is 22.6. The minimum absolute atomic E-state index is 0.0914. The standard InChI is InChI=1S/C40H36O6/c41-39(31-14-5-3-6-15-31)35-20-18-33-25-37(35)43-22-9-1-2-10-23-44-38-26-34(46-28-30-13-11-12-29(24-30)27-45-33)19-21-36(38)40(42)32-16-7-4-8-17-32/h3-8,11-21,24-26H,1-2,9-10,22-23,27-28H2. The van der Waals surface area contributed by atoms with Crippen molar-refractivity contribution in [3.8, 4) is 23.0 Å². The predicted octanol–water partition coefficient (Wildman–Crippen LogP) is 8.64. The van der Waals surface area contributed by atoms with E-state index >= 15 is 0 Å². The molecule has 0 atom stereocenters. The molecule has 6 rings (SSSR count). The van der Waals surface area contributed by atoms with Gasteiger partial charge in [-0.3, -0.25) is 9.59 Å². The van der Waals surface area contributed by atoms with E-state index in [4.69, 9.17) is 18.9 Å². The molecule has 1 heterocycles. The molecule has 1 aliphatic rings. The fraction of sp³-hybridized carbons (Fsp3) is 0.200. The van der Waals surface area contributed by atoms with E-state index in [1.807, 2.05) is 97.1 Å². The molecule has 0 aromatic heterocycles. The van der Waals surface area contributed by atoms with E-state index in [-0.39, 0.29) is 11.6 Å². The molecule has 6 nitrogen and oxygen atoms in total. The highest BCUT2D eigenvalue weighted by molar-refractivity contribution is 6.11. The van der Waals surface area contributed by atoms with Crippen molar-refractivity contribution in [2.45, 2.75) is 38.9 Å². The topological polar surface area (TPSA) is 71.1 Å². The molecule has 0 radical (unpaired) electrons. The van der Waals surface area contributed by atoms with Crippen LogP contribution in [0.2, 0.25) is 0 Å². The summed E-state index contributed by atoms with van der Waals surface area (Å²) in [6.07, 6.45) is 3.49. The molecule has 0 saturated carbocycles. The Morgan fingerprint density at radius 2 is 0.891 bits per heavy atom. The van der Waals surface area contributed by atoms with Gasteiger partial charge in [0.15, 0.2) is 11.6 Å². The molecule has 6 heteroatoms. The van der Waals surface area contributed by atoms with Gasteiger partial charge in [0, 0.05) is 23.3 Å². The lowest BCUT2D eigenvalue weighted by Crippen LogP contribution is -2.08. The maximum Gasteiger partial charge on any atom is 0.196 e. The van der Waals surface area contributed by atoms with Crippen LogP contribution in [0.25, 0.3) is 0 Å². The second-order valence-corrected chi connectivity index (χ2v) is 11.2. The third-order valence-electron chi connectivity index (χ3n) is 7.82. The van der Waals surface area contributed by atoms with Crippen molar-refractivity contribution in [2.75, 3.05) is 13.2 Å². The summed E-state index contributed by atoms with van der Waals surface area (Å²) in [6, 6.07) is 37.2. The van der Waals surface area contributed by atoms with Gasteiger partial charge in [0.1, 0.15) is 36.2 Å². The van der Waals surface area contributed by atoms with Crippen LogP contribution in [-0.2, 0) is 13.2 Å². The van der Waals surface area contributed by atoms with Crippen LogP contribution < -0.4 is 18.9 Å². The fourth-order valence-electron chi connectivity index (χ4n) is 5.35. The number of fused-ring (bicyclic) bond motifs is 6. The molecule has 0 N–H and O–H groups in total. The number of hydrogen-bond acceptors (Lipinski definition) is 6. The van der Waals surface area contributed by atoms with E-state index in [2.05, 4.69) is 0 Å². The summed E-state index contributed by atoms with van der Waals surface area (Å²) >= 11 is 0. The predicted molar refractivity (Wildman–Crippen MR) is 177 cm³/mol. The van der Waals surface area contributed by atoms with Crippen LogP contribution >= 0.6 is 0 Å². The molecule has 232 valence electrons. The summed E-state index contributed by atoms with van der Waals surface area (Å²) in [7, 11) is 0. The largest absolute Gasteiger partial charge is 0.493 e. The van der Waals surface area contributed by atoms with E-state index in [1.54, 1.807) is 24.3 Å². The van der Waals surface area contributed by atoms with Crippen LogP contribution in [0, 0.1) is 0 Å². The van der Waals surface area contributed by atoms with Gasteiger partial charge in [0.05, 0.1) is 24.3 Å². The van der Waals surface area contributed by atoms with Crippen LogP contribution in [0.15, 0.2) is 121 Å². The van der Waals surface area contributed by atoms with Crippen molar-refractivity contribution in [2.24, 2.45) is 0 Å². The van der Waals surface area contributed by atoms with Crippen LogP contribution in [0.3, 0.4) is 0 Å². The molecule has 0 spiro atoms. The average Bonchev–Trinajstić information content (AvgIpc) is 3.11. The summed E-state index contributed by atoms with van der Waals surface area (Å²) in [4.78, 5) is 26.7. The molecule has 0 saturated heterocycles. The van der Waals surface area contributed by atoms with Crippen molar-refractivity contribution < 1.29 is 28.5 Å². The molecule has 0 unspecified atom stereocenters. The Hall–Kier alpha value is -5.36. The van der Waals surface area contributed by atoms with Gasteiger partial charge < -0.3 is 18.9 Å². The molecule has 0 amide bonds. The van der Waals surface area contributed by atoms with E-state index in [0.29, 0.717) is 71.7 Å². The lowest BCUT2D eigenvalue weighted by Gasteiger charge is -2.14. The number of carbonyl (C=O) groups is 2. The molecule has 5 aromatic carbocycles. The molecule has 5 aromatic rings. The van der Waals surface area contributed by atoms with Crippen molar-refractivity contribution in [3.63, 3.8) is 0 Å². The third kappa shape index (κ3) is 7.83. The minimum atomic E-state index is -0.0914. The van der Waals surface area contributed by atoms with Gasteiger partial charge in [0.2, 0.25) is 0 Å². The maximum absolute atomic E-state index is 13.3. The molecular weight excluding hydrogens is 576 g/mol. The first-order valence-electron chi connectivity index (χ1n) is 15.7. The third-order valence-corrected chi connectivity index (χ3v) is 7.82. The van der Waals surface area contributed by atoms with Gasteiger partial charge in [-0.25, -0.2) is 0 Å². The maximum atomic E-state index is 13.3. The van der Waals surface area contributed by atoms with Gasteiger partial charge >= 0.3 is 0 Å². The van der Waals surface area contributed by atoms with Crippen molar-refractivity contribution in [3.05, 3.63) is 155 Å². The average molecular weight is 613 g/mol. The molecule has 0 aliphatic carbocycles. The minimum Gasteiger partial charge on any atom is -0.493 e. The molecule has 0 fully saturated rings. The molecule has 1 aliphatic heterocycles. The Bertz CT molecular complexity index is 1650. The van der Waals surface area contributed by atoms with Crippen LogP contribution in [-0.4, -0.2) is 24.8 Å². The lowest BCUT2D eigenvalue weighted by molar-refractivity contribution is 0.102. The Kier molecular flexibility index (Phi) is 10.1. The van der Waals surface area contributed by atoms with Crippen molar-refractivity contribution in [1.29, 1.82) is 0 Å². The van der Waals surface area contributed by atoms with Gasteiger partial charge in [0.25, 0.3) is 0 Å². The second kappa shape index (κ2) is 15.1. The summed E-state index contributed by atoms with van der Waals surface area (Å²) in [5.74, 6) is 2.09. The number of rotatable bonds is 4. The van der Waals surface area contributed by atoms with E-state index in [0.717, 1.165) is 36.8 Å². The highest BCUT2D eigenvalue weighted by Gasteiger charge is 2.18. The zero-order valence-corrected chi connectivity index (χ0v) is 25.7. The highest BCUT2D eigenvalue weighted by atomic mass is 16.5. The number of ether oxygens (including phenoxy) is 4. The van der Waals surface area contributed by atoms with Crippen LogP contribution in [0.1, 0.15) is 68.7 Å². The van der Waals surface area contributed by atoms with Gasteiger partial charge in [-0.05, 0) is 67.1 Å².